The number of hydrogen-bond acceptors (Lipinski definition) is 3. The summed E-state index contributed by atoms with van der Waals surface area (Å²) in [5, 5.41) is 8.68. The maximum absolute atomic E-state index is 10.6. The highest BCUT2D eigenvalue weighted by molar-refractivity contribution is 14.1. The van der Waals surface area contributed by atoms with Crippen molar-refractivity contribution in [1.29, 1.82) is 0 Å². The maximum Gasteiger partial charge on any atom is 0.303 e. The molecule has 0 saturated heterocycles. The van der Waals surface area contributed by atoms with Gasteiger partial charge in [-0.25, -0.2) is 9.97 Å². The van der Waals surface area contributed by atoms with Crippen molar-refractivity contribution in [3.05, 3.63) is 19.3 Å². The molecule has 0 aliphatic rings. The van der Waals surface area contributed by atoms with E-state index in [0.29, 0.717) is 0 Å². The Morgan fingerprint density at radius 3 is 2.43 bits per heavy atom. The zero-order valence-corrected chi connectivity index (χ0v) is 11.7. The van der Waals surface area contributed by atoms with E-state index in [9.17, 15) is 4.79 Å². The molecule has 0 amide bonds. The third kappa shape index (κ3) is 3.01. The minimum Gasteiger partial charge on any atom is -0.481 e. The van der Waals surface area contributed by atoms with Gasteiger partial charge in [0, 0.05) is 5.56 Å². The number of nitrogens with zero attached hydrogens (tertiary/aromatic N) is 2. The van der Waals surface area contributed by atoms with Crippen molar-refractivity contribution in [3.63, 3.8) is 0 Å². The number of aromatic nitrogens is 2. The van der Waals surface area contributed by atoms with Crippen LogP contribution >= 0.6 is 45.2 Å². The van der Waals surface area contributed by atoms with Crippen molar-refractivity contribution in [2.75, 3.05) is 0 Å². The molecular formula is C8H8I2N2O2. The van der Waals surface area contributed by atoms with Gasteiger partial charge in [-0.2, -0.15) is 0 Å². The van der Waals surface area contributed by atoms with Crippen LogP contribution in [0.3, 0.4) is 0 Å². The lowest BCUT2D eigenvalue weighted by Crippen LogP contribution is -2.08. The number of hydrogen-bond donors (Lipinski definition) is 1. The van der Waals surface area contributed by atoms with E-state index in [1.807, 2.05) is 6.92 Å². The predicted molar refractivity (Wildman–Crippen MR) is 68.1 cm³/mol. The van der Waals surface area contributed by atoms with Crippen molar-refractivity contribution < 1.29 is 9.90 Å². The molecular weight excluding hydrogens is 410 g/mol. The molecule has 1 rings (SSSR count). The lowest BCUT2D eigenvalue weighted by molar-refractivity contribution is -0.137. The first-order chi connectivity index (χ1) is 6.52. The highest BCUT2D eigenvalue weighted by Gasteiger charge is 2.17. The first kappa shape index (κ1) is 12.1. The van der Waals surface area contributed by atoms with E-state index in [0.717, 1.165) is 13.0 Å². The van der Waals surface area contributed by atoms with E-state index in [4.69, 9.17) is 5.11 Å². The zero-order valence-electron chi connectivity index (χ0n) is 7.37. The smallest absolute Gasteiger partial charge is 0.303 e. The monoisotopic (exact) mass is 418 g/mol. The highest BCUT2D eigenvalue weighted by Crippen LogP contribution is 2.26. The summed E-state index contributed by atoms with van der Waals surface area (Å²) >= 11 is 4.20. The van der Waals surface area contributed by atoms with Crippen LogP contribution in [0.15, 0.2) is 6.33 Å². The fourth-order valence-electron chi connectivity index (χ4n) is 1.13. The summed E-state index contributed by atoms with van der Waals surface area (Å²) in [6.45, 7) is 1.87. The standard InChI is InChI=1S/C8H8I2N2O2/c1-4(2-5(13)14)6-7(9)11-3-12-8(6)10/h3-4H,2H2,1H3,(H,13,14). The summed E-state index contributed by atoms with van der Waals surface area (Å²) in [5.41, 5.74) is 0.927. The number of carboxylic acids is 1. The molecule has 0 aliphatic carbocycles. The third-order valence-electron chi connectivity index (χ3n) is 1.76. The van der Waals surface area contributed by atoms with Gasteiger partial charge in [0.1, 0.15) is 13.7 Å². The molecule has 0 bridgehead atoms. The van der Waals surface area contributed by atoms with Crippen molar-refractivity contribution in [1.82, 2.24) is 9.97 Å². The van der Waals surface area contributed by atoms with Gasteiger partial charge >= 0.3 is 5.97 Å². The van der Waals surface area contributed by atoms with Gasteiger partial charge in [0.25, 0.3) is 0 Å². The summed E-state index contributed by atoms with van der Waals surface area (Å²) in [4.78, 5) is 18.7. The minimum absolute atomic E-state index is 0.0486. The minimum atomic E-state index is -0.798. The van der Waals surface area contributed by atoms with Crippen molar-refractivity contribution in [2.24, 2.45) is 0 Å². The van der Waals surface area contributed by atoms with E-state index < -0.39 is 5.97 Å². The quantitative estimate of drug-likeness (QED) is 0.605. The number of carboxylic acid groups (broad SMARTS) is 1. The first-order valence-corrected chi connectivity index (χ1v) is 6.05. The Bertz CT molecular complexity index is 337. The van der Waals surface area contributed by atoms with Gasteiger partial charge < -0.3 is 5.11 Å². The normalized spacial score (nSPS) is 12.5. The molecule has 0 spiro atoms. The Balaban J connectivity index is 2.99. The molecule has 0 fully saturated rings. The van der Waals surface area contributed by atoms with E-state index in [-0.39, 0.29) is 12.3 Å². The van der Waals surface area contributed by atoms with Gasteiger partial charge in [0.2, 0.25) is 0 Å². The Morgan fingerprint density at radius 1 is 1.50 bits per heavy atom. The van der Waals surface area contributed by atoms with Crippen LogP contribution in [-0.2, 0) is 4.79 Å². The van der Waals surface area contributed by atoms with Gasteiger partial charge in [0.05, 0.1) is 6.42 Å². The van der Waals surface area contributed by atoms with Gasteiger partial charge in [-0.3, -0.25) is 4.79 Å². The van der Waals surface area contributed by atoms with Gasteiger partial charge in [-0.05, 0) is 51.1 Å². The van der Waals surface area contributed by atoms with E-state index in [2.05, 4.69) is 55.1 Å². The fourth-order valence-corrected chi connectivity index (χ4v) is 3.46. The van der Waals surface area contributed by atoms with Gasteiger partial charge in [-0.15, -0.1) is 0 Å². The molecule has 0 aliphatic heterocycles. The highest BCUT2D eigenvalue weighted by atomic mass is 127. The molecule has 1 heterocycles. The van der Waals surface area contributed by atoms with E-state index in [1.54, 1.807) is 0 Å². The van der Waals surface area contributed by atoms with E-state index in [1.165, 1.54) is 6.33 Å². The van der Waals surface area contributed by atoms with Crippen molar-refractivity contribution >= 4 is 51.2 Å². The second kappa shape index (κ2) is 5.19. The largest absolute Gasteiger partial charge is 0.481 e. The predicted octanol–water partition coefficient (Wildman–Crippen LogP) is 2.26. The SMILES string of the molecule is CC(CC(=O)O)c1c(I)ncnc1I. The van der Waals surface area contributed by atoms with Crippen molar-refractivity contribution in [3.8, 4) is 0 Å². The topological polar surface area (TPSA) is 63.1 Å². The summed E-state index contributed by atoms with van der Waals surface area (Å²) in [5.74, 6) is -0.847. The molecule has 1 atom stereocenters. The number of halogens is 2. The van der Waals surface area contributed by atoms with Crippen LogP contribution < -0.4 is 0 Å². The van der Waals surface area contributed by atoms with Crippen LogP contribution in [0.5, 0.6) is 0 Å². The van der Waals surface area contributed by atoms with Crippen LogP contribution in [0, 0.1) is 7.40 Å². The van der Waals surface area contributed by atoms with Crippen LogP contribution in [0.1, 0.15) is 24.8 Å². The molecule has 14 heavy (non-hydrogen) atoms. The maximum atomic E-state index is 10.6. The Hall–Kier alpha value is 0.01000. The first-order valence-electron chi connectivity index (χ1n) is 3.90. The molecule has 76 valence electrons. The zero-order chi connectivity index (χ0) is 10.7. The molecule has 1 aromatic rings. The van der Waals surface area contributed by atoms with Crippen LogP contribution in [0.25, 0.3) is 0 Å². The van der Waals surface area contributed by atoms with Crippen LogP contribution in [-0.4, -0.2) is 21.0 Å². The average Bonchev–Trinajstić information content (AvgIpc) is 2.01. The third-order valence-corrected chi connectivity index (χ3v) is 3.48. The molecule has 0 saturated carbocycles. The second-order valence-electron chi connectivity index (χ2n) is 2.87. The van der Waals surface area contributed by atoms with Gasteiger partial charge in [0.15, 0.2) is 0 Å². The second-order valence-corrected chi connectivity index (χ2v) is 4.91. The van der Waals surface area contributed by atoms with Crippen LogP contribution in [0.4, 0.5) is 0 Å². The molecule has 0 aromatic carbocycles. The lowest BCUT2D eigenvalue weighted by atomic mass is 10.0. The molecule has 1 N–H and O–H groups in total. The average molecular weight is 418 g/mol. The number of carbonyl (C=O) groups is 1. The molecule has 6 heteroatoms. The lowest BCUT2D eigenvalue weighted by Gasteiger charge is -2.11. The van der Waals surface area contributed by atoms with Gasteiger partial charge in [-0.1, -0.05) is 6.92 Å². The Morgan fingerprint density at radius 2 is 2.00 bits per heavy atom. The van der Waals surface area contributed by atoms with E-state index >= 15 is 0 Å². The summed E-state index contributed by atoms with van der Waals surface area (Å²) in [6, 6.07) is 0. The molecule has 4 nitrogen and oxygen atoms in total. The van der Waals surface area contributed by atoms with Crippen LogP contribution in [0.2, 0.25) is 0 Å². The molecule has 0 radical (unpaired) electrons. The molecule has 1 unspecified atom stereocenters. The molecule has 1 aromatic heterocycles. The summed E-state index contributed by atoms with van der Waals surface area (Å²) < 4.78 is 1.66. The Kier molecular flexibility index (Phi) is 4.48. The summed E-state index contributed by atoms with van der Waals surface area (Å²) in [7, 11) is 0. The number of rotatable bonds is 3. The van der Waals surface area contributed by atoms with Crippen molar-refractivity contribution in [2.45, 2.75) is 19.3 Å². The summed E-state index contributed by atoms with van der Waals surface area (Å²) in [6.07, 6.45) is 1.60. The fraction of sp³-hybridized carbons (Fsp3) is 0.375. The number of aliphatic carboxylic acids is 1. The Labute approximate surface area is 109 Å².